The van der Waals surface area contributed by atoms with Crippen molar-refractivity contribution in [2.45, 2.75) is 19.1 Å². The van der Waals surface area contributed by atoms with E-state index in [1.165, 1.54) is 7.11 Å². The summed E-state index contributed by atoms with van der Waals surface area (Å²) in [6.07, 6.45) is 1.08. The molecule has 6 nitrogen and oxygen atoms in total. The lowest BCUT2D eigenvalue weighted by molar-refractivity contribution is -0.00428. The maximum atomic E-state index is 9.85. The van der Waals surface area contributed by atoms with Gasteiger partial charge < -0.3 is 14.7 Å². The highest BCUT2D eigenvalue weighted by molar-refractivity contribution is 6.30. The molecule has 1 aromatic heterocycles. The van der Waals surface area contributed by atoms with Gasteiger partial charge in [0.25, 0.3) is 0 Å². The van der Waals surface area contributed by atoms with Crippen LogP contribution in [0.25, 0.3) is 5.69 Å². The molecule has 2 aromatic rings. The number of hydroxylamine groups is 1. The Morgan fingerprint density at radius 2 is 2.05 bits per heavy atom. The second kappa shape index (κ2) is 7.42. The first-order valence-electron chi connectivity index (χ1n) is 6.51. The number of aliphatic hydroxyl groups excluding tert-OH is 1. The van der Waals surface area contributed by atoms with Crippen LogP contribution in [-0.4, -0.2) is 40.7 Å². The van der Waals surface area contributed by atoms with Gasteiger partial charge in [-0.1, -0.05) is 11.6 Å². The number of aliphatic hydroxyl groups is 1. The van der Waals surface area contributed by atoms with Crippen molar-refractivity contribution >= 4 is 11.6 Å². The van der Waals surface area contributed by atoms with Gasteiger partial charge in [0, 0.05) is 17.3 Å². The van der Waals surface area contributed by atoms with Crippen molar-refractivity contribution in [1.29, 1.82) is 0 Å². The van der Waals surface area contributed by atoms with Gasteiger partial charge >= 0.3 is 0 Å². The minimum Gasteiger partial charge on any atom is -0.474 e. The smallest absolute Gasteiger partial charge is 0.233 e. The highest BCUT2D eigenvalue weighted by atomic mass is 35.5. The number of nitrogens with one attached hydrogen (secondary N) is 1. The molecule has 1 heterocycles. The first kappa shape index (κ1) is 15.8. The molecule has 0 fully saturated rings. The maximum Gasteiger partial charge on any atom is 0.233 e. The molecule has 0 aliphatic heterocycles. The zero-order valence-corrected chi connectivity index (χ0v) is 12.6. The quantitative estimate of drug-likeness (QED) is 0.763. The van der Waals surface area contributed by atoms with Crippen LogP contribution in [0.15, 0.2) is 36.5 Å². The summed E-state index contributed by atoms with van der Waals surface area (Å²) < 4.78 is 7.13. The van der Waals surface area contributed by atoms with Crippen molar-refractivity contribution in [1.82, 2.24) is 15.3 Å². The van der Waals surface area contributed by atoms with Gasteiger partial charge in [-0.25, -0.2) is 4.68 Å². The van der Waals surface area contributed by atoms with Crippen LogP contribution in [0, 0.1) is 0 Å². The standard InChI is InChI=1S/C14H18ClN3O3/c1-10(17-20-2)13(19)9-21-14-7-8-18(16-14)12-5-3-11(15)4-6-12/h3-8,10,13,17,19H,9H2,1-2H3/t10-,13-/m1/s1. The summed E-state index contributed by atoms with van der Waals surface area (Å²) in [5, 5.41) is 14.8. The van der Waals surface area contributed by atoms with Gasteiger partial charge in [0.2, 0.25) is 5.88 Å². The summed E-state index contributed by atoms with van der Waals surface area (Å²) in [5.74, 6) is 0.439. The highest BCUT2D eigenvalue weighted by Crippen LogP contribution is 2.15. The van der Waals surface area contributed by atoms with Crippen LogP contribution in [0.4, 0.5) is 0 Å². The lowest BCUT2D eigenvalue weighted by atomic mass is 10.2. The summed E-state index contributed by atoms with van der Waals surface area (Å²) in [4.78, 5) is 4.75. The number of rotatable bonds is 7. The first-order valence-corrected chi connectivity index (χ1v) is 6.89. The summed E-state index contributed by atoms with van der Waals surface area (Å²) >= 11 is 5.85. The fraction of sp³-hybridized carbons (Fsp3) is 0.357. The lowest BCUT2D eigenvalue weighted by Gasteiger charge is -2.18. The summed E-state index contributed by atoms with van der Waals surface area (Å²) in [6.45, 7) is 1.92. The predicted octanol–water partition coefficient (Wildman–Crippen LogP) is 1.80. The largest absolute Gasteiger partial charge is 0.474 e. The molecule has 1 aromatic carbocycles. The van der Waals surface area contributed by atoms with Gasteiger partial charge in [0.15, 0.2) is 0 Å². The van der Waals surface area contributed by atoms with Crippen LogP contribution in [0.3, 0.4) is 0 Å². The Morgan fingerprint density at radius 1 is 1.33 bits per heavy atom. The fourth-order valence-electron chi connectivity index (χ4n) is 1.70. The van der Waals surface area contributed by atoms with E-state index in [9.17, 15) is 5.11 Å². The van der Waals surface area contributed by atoms with E-state index in [0.29, 0.717) is 10.9 Å². The van der Waals surface area contributed by atoms with Crippen molar-refractivity contribution in [2.24, 2.45) is 0 Å². The number of nitrogens with zero attached hydrogens (tertiary/aromatic N) is 2. The molecule has 2 rings (SSSR count). The third kappa shape index (κ3) is 4.44. The van der Waals surface area contributed by atoms with E-state index in [0.717, 1.165) is 5.69 Å². The minimum atomic E-state index is -0.703. The zero-order valence-electron chi connectivity index (χ0n) is 11.9. The van der Waals surface area contributed by atoms with Crippen molar-refractivity contribution in [3.8, 4) is 11.6 Å². The van der Waals surface area contributed by atoms with Crippen LogP contribution in [0.5, 0.6) is 5.88 Å². The lowest BCUT2D eigenvalue weighted by Crippen LogP contribution is -2.40. The number of aromatic nitrogens is 2. The zero-order chi connectivity index (χ0) is 15.2. The summed E-state index contributed by atoms with van der Waals surface area (Å²) in [7, 11) is 1.50. The Balaban J connectivity index is 1.93. The van der Waals surface area contributed by atoms with Crippen LogP contribution in [0.2, 0.25) is 5.02 Å². The van der Waals surface area contributed by atoms with Crippen LogP contribution < -0.4 is 10.2 Å². The van der Waals surface area contributed by atoms with Crippen LogP contribution in [0.1, 0.15) is 6.92 Å². The second-order valence-electron chi connectivity index (χ2n) is 4.56. The van der Waals surface area contributed by atoms with Crippen molar-refractivity contribution in [3.05, 3.63) is 41.6 Å². The first-order chi connectivity index (χ1) is 10.1. The van der Waals surface area contributed by atoms with Gasteiger partial charge in [-0.3, -0.25) is 0 Å². The van der Waals surface area contributed by atoms with Gasteiger partial charge in [-0.05, 0) is 31.2 Å². The van der Waals surface area contributed by atoms with Crippen molar-refractivity contribution < 1.29 is 14.7 Å². The second-order valence-corrected chi connectivity index (χ2v) is 5.00. The third-order valence-corrected chi connectivity index (χ3v) is 3.19. The molecule has 2 N–H and O–H groups in total. The summed E-state index contributed by atoms with van der Waals surface area (Å²) in [6, 6.07) is 8.79. The monoisotopic (exact) mass is 311 g/mol. The molecular formula is C14H18ClN3O3. The minimum absolute atomic E-state index is 0.120. The number of ether oxygens (including phenoxy) is 1. The molecule has 0 saturated carbocycles. The van der Waals surface area contributed by atoms with E-state index in [2.05, 4.69) is 10.6 Å². The average molecular weight is 312 g/mol. The summed E-state index contributed by atoms with van der Waals surface area (Å²) in [5.41, 5.74) is 3.53. The van der Waals surface area contributed by atoms with E-state index in [1.807, 2.05) is 12.1 Å². The van der Waals surface area contributed by atoms with Gasteiger partial charge in [-0.2, -0.15) is 5.48 Å². The average Bonchev–Trinajstić information content (AvgIpc) is 2.94. The Kier molecular flexibility index (Phi) is 5.58. The molecule has 0 saturated heterocycles. The number of halogens is 1. The van der Waals surface area contributed by atoms with E-state index in [-0.39, 0.29) is 12.6 Å². The van der Waals surface area contributed by atoms with Gasteiger partial charge in [-0.15, -0.1) is 5.10 Å². The Bertz CT molecular complexity index is 559. The molecular weight excluding hydrogens is 294 g/mol. The molecule has 2 atom stereocenters. The van der Waals surface area contributed by atoms with Gasteiger partial charge in [0.1, 0.15) is 12.7 Å². The molecule has 0 aliphatic rings. The number of benzene rings is 1. The van der Waals surface area contributed by atoms with E-state index in [1.54, 1.807) is 36.0 Å². The fourth-order valence-corrected chi connectivity index (χ4v) is 1.83. The number of hydrogen-bond acceptors (Lipinski definition) is 5. The Morgan fingerprint density at radius 3 is 2.71 bits per heavy atom. The highest BCUT2D eigenvalue weighted by Gasteiger charge is 2.15. The third-order valence-electron chi connectivity index (χ3n) is 2.94. The predicted molar refractivity (Wildman–Crippen MR) is 79.7 cm³/mol. The molecule has 0 aliphatic carbocycles. The molecule has 7 heteroatoms. The SMILES string of the molecule is CON[C@H](C)[C@H](O)COc1ccn(-c2ccc(Cl)cc2)n1. The molecule has 0 amide bonds. The van der Waals surface area contributed by atoms with Gasteiger partial charge in [0.05, 0.1) is 18.8 Å². The topological polar surface area (TPSA) is 68.5 Å². The van der Waals surface area contributed by atoms with E-state index < -0.39 is 6.10 Å². The maximum absolute atomic E-state index is 9.85. The molecule has 0 radical (unpaired) electrons. The van der Waals surface area contributed by atoms with Crippen molar-refractivity contribution in [3.63, 3.8) is 0 Å². The van der Waals surface area contributed by atoms with Crippen LogP contribution >= 0.6 is 11.6 Å². The Labute approximate surface area is 128 Å². The molecule has 21 heavy (non-hydrogen) atoms. The molecule has 114 valence electrons. The molecule has 0 unspecified atom stereocenters. The van der Waals surface area contributed by atoms with E-state index >= 15 is 0 Å². The molecule has 0 spiro atoms. The molecule has 0 bridgehead atoms. The Hall–Kier alpha value is -1.60. The van der Waals surface area contributed by atoms with Crippen LogP contribution in [-0.2, 0) is 4.84 Å². The number of hydrogen-bond donors (Lipinski definition) is 2. The van der Waals surface area contributed by atoms with Crippen molar-refractivity contribution in [2.75, 3.05) is 13.7 Å². The van der Waals surface area contributed by atoms with E-state index in [4.69, 9.17) is 21.2 Å². The normalized spacial score (nSPS) is 13.9.